The van der Waals surface area contributed by atoms with Gasteiger partial charge in [0, 0.05) is 14.1 Å². The zero-order valence-electron chi connectivity index (χ0n) is 15.5. The summed E-state index contributed by atoms with van der Waals surface area (Å²) < 4.78 is 49.5. The number of nitrogens with one attached hydrogen (secondary N) is 1. The summed E-state index contributed by atoms with van der Waals surface area (Å²) in [6.45, 7) is 1.51. The van der Waals surface area contributed by atoms with Gasteiger partial charge in [-0.05, 0) is 42.8 Å². The molecule has 0 unspecified atom stereocenters. The number of alkyl halides is 3. The van der Waals surface area contributed by atoms with Gasteiger partial charge in [-0.25, -0.2) is 0 Å². The largest absolute Gasteiger partial charge is 0.493 e. The van der Waals surface area contributed by atoms with Crippen molar-refractivity contribution in [3.8, 4) is 11.5 Å². The van der Waals surface area contributed by atoms with Crippen LogP contribution in [0.1, 0.15) is 11.1 Å². The normalized spacial score (nSPS) is 11.1. The monoisotopic (exact) mass is 382 g/mol. The summed E-state index contributed by atoms with van der Waals surface area (Å²) in [7, 11) is 4.82. The predicted molar refractivity (Wildman–Crippen MR) is 97.6 cm³/mol. The third-order valence-electron chi connectivity index (χ3n) is 3.76. The van der Waals surface area contributed by atoms with Gasteiger partial charge in [-0.15, -0.1) is 0 Å². The van der Waals surface area contributed by atoms with Crippen molar-refractivity contribution in [2.24, 2.45) is 0 Å². The highest BCUT2D eigenvalue weighted by molar-refractivity contribution is 5.95. The molecule has 0 spiro atoms. The van der Waals surface area contributed by atoms with E-state index in [1.807, 2.05) is 6.92 Å². The molecule has 0 aliphatic heterocycles. The highest BCUT2D eigenvalue weighted by atomic mass is 19.4. The molecule has 0 aliphatic rings. The fourth-order valence-corrected chi connectivity index (χ4v) is 2.43. The predicted octanol–water partition coefficient (Wildman–Crippen LogP) is 4.11. The fourth-order valence-electron chi connectivity index (χ4n) is 2.43. The van der Waals surface area contributed by atoms with Gasteiger partial charge in [0.2, 0.25) is 0 Å². The summed E-state index contributed by atoms with van der Waals surface area (Å²) in [5.41, 5.74) is 0.622. The summed E-state index contributed by atoms with van der Waals surface area (Å²) in [6.07, 6.45) is -4.50. The molecule has 0 saturated heterocycles. The Hall–Kier alpha value is -2.90. The van der Waals surface area contributed by atoms with Crippen molar-refractivity contribution in [3.05, 3.63) is 47.5 Å². The molecule has 0 fully saturated rings. The van der Waals surface area contributed by atoms with Crippen LogP contribution in [0.4, 0.5) is 24.5 Å². The number of aryl methyl sites for hydroxylation is 1. The summed E-state index contributed by atoms with van der Waals surface area (Å²) in [5.74, 6) is 0.256. The zero-order valence-corrected chi connectivity index (χ0v) is 15.5. The van der Waals surface area contributed by atoms with Crippen LogP contribution in [-0.2, 0) is 11.0 Å². The number of hydrogen-bond acceptors (Lipinski definition) is 4. The molecule has 0 heterocycles. The Morgan fingerprint density at radius 2 is 1.81 bits per heavy atom. The maximum Gasteiger partial charge on any atom is 0.416 e. The first-order valence-electron chi connectivity index (χ1n) is 8.07. The van der Waals surface area contributed by atoms with Gasteiger partial charge in [0.25, 0.3) is 5.91 Å². The lowest BCUT2D eigenvalue weighted by Gasteiger charge is -2.20. The third-order valence-corrected chi connectivity index (χ3v) is 3.76. The first kappa shape index (κ1) is 20.4. The first-order valence-corrected chi connectivity index (χ1v) is 8.07. The molecule has 27 heavy (non-hydrogen) atoms. The molecule has 0 bridgehead atoms. The minimum absolute atomic E-state index is 0.0549. The Balaban J connectivity index is 2.15. The number of ether oxygens (including phenoxy) is 2. The Bertz CT molecular complexity index is 820. The van der Waals surface area contributed by atoms with Gasteiger partial charge in [-0.2, -0.15) is 13.2 Å². The summed E-state index contributed by atoms with van der Waals surface area (Å²) in [4.78, 5) is 13.8. The number of benzene rings is 2. The summed E-state index contributed by atoms with van der Waals surface area (Å²) in [5, 5.41) is 2.48. The first-order chi connectivity index (χ1) is 12.6. The molecule has 2 aromatic carbocycles. The van der Waals surface area contributed by atoms with E-state index in [-0.39, 0.29) is 12.3 Å². The third kappa shape index (κ3) is 5.29. The minimum Gasteiger partial charge on any atom is -0.493 e. The van der Waals surface area contributed by atoms with Gasteiger partial charge in [0.1, 0.15) is 0 Å². The Kier molecular flexibility index (Phi) is 6.20. The van der Waals surface area contributed by atoms with Crippen LogP contribution >= 0.6 is 0 Å². The van der Waals surface area contributed by atoms with Gasteiger partial charge >= 0.3 is 6.18 Å². The van der Waals surface area contributed by atoms with Crippen molar-refractivity contribution in [1.29, 1.82) is 0 Å². The van der Waals surface area contributed by atoms with Gasteiger partial charge in [0.15, 0.2) is 18.1 Å². The summed E-state index contributed by atoms with van der Waals surface area (Å²) >= 11 is 0. The lowest BCUT2D eigenvalue weighted by Crippen LogP contribution is -2.22. The standard InChI is InChI=1S/C19H21F3N2O3/c1-12-5-8-16(17(9-12)26-4)27-11-18(25)23-14-10-13(19(20,21)22)6-7-15(14)24(2)3/h5-10H,11H2,1-4H3,(H,23,25). The summed E-state index contributed by atoms with van der Waals surface area (Å²) in [6, 6.07) is 8.40. The maximum absolute atomic E-state index is 13.0. The van der Waals surface area contributed by atoms with Gasteiger partial charge in [0.05, 0.1) is 24.0 Å². The lowest BCUT2D eigenvalue weighted by atomic mass is 10.1. The van der Waals surface area contributed by atoms with E-state index >= 15 is 0 Å². The average molecular weight is 382 g/mol. The lowest BCUT2D eigenvalue weighted by molar-refractivity contribution is -0.137. The molecular formula is C19H21F3N2O3. The van der Waals surface area contributed by atoms with Crippen LogP contribution in [0.3, 0.4) is 0 Å². The Labute approximate surface area is 155 Å². The number of hydrogen-bond donors (Lipinski definition) is 1. The van der Waals surface area contributed by atoms with E-state index in [2.05, 4.69) is 5.32 Å². The van der Waals surface area contributed by atoms with Gasteiger partial charge < -0.3 is 19.7 Å². The molecule has 8 heteroatoms. The molecular weight excluding hydrogens is 361 g/mol. The van der Waals surface area contributed by atoms with Crippen molar-refractivity contribution in [2.45, 2.75) is 13.1 Å². The number of carbonyl (C=O) groups is 1. The van der Waals surface area contributed by atoms with E-state index in [0.29, 0.717) is 17.2 Å². The van der Waals surface area contributed by atoms with E-state index in [0.717, 1.165) is 17.7 Å². The minimum atomic E-state index is -4.50. The fraction of sp³-hybridized carbons (Fsp3) is 0.316. The van der Waals surface area contributed by atoms with Gasteiger partial charge in [-0.1, -0.05) is 6.07 Å². The van der Waals surface area contributed by atoms with E-state index in [9.17, 15) is 18.0 Å². The van der Waals surface area contributed by atoms with Crippen LogP contribution < -0.4 is 19.7 Å². The second-order valence-electron chi connectivity index (χ2n) is 6.12. The zero-order chi connectivity index (χ0) is 20.2. The number of carbonyl (C=O) groups excluding carboxylic acids is 1. The molecule has 1 amide bonds. The van der Waals surface area contributed by atoms with Crippen LogP contribution in [0.2, 0.25) is 0 Å². The molecule has 1 N–H and O–H groups in total. The van der Waals surface area contributed by atoms with Crippen molar-refractivity contribution in [2.75, 3.05) is 38.0 Å². The number of methoxy groups -OCH3 is 1. The number of rotatable bonds is 6. The van der Waals surface area contributed by atoms with E-state index in [4.69, 9.17) is 9.47 Å². The molecule has 0 atom stereocenters. The molecule has 2 rings (SSSR count). The van der Waals surface area contributed by atoms with Crippen LogP contribution in [0.25, 0.3) is 0 Å². The maximum atomic E-state index is 13.0. The number of amides is 1. The molecule has 0 aliphatic carbocycles. The molecule has 0 saturated carbocycles. The molecule has 2 aromatic rings. The van der Waals surface area contributed by atoms with E-state index in [1.165, 1.54) is 13.2 Å². The highest BCUT2D eigenvalue weighted by Gasteiger charge is 2.31. The van der Waals surface area contributed by atoms with E-state index in [1.54, 1.807) is 37.2 Å². The topological polar surface area (TPSA) is 50.8 Å². The smallest absolute Gasteiger partial charge is 0.416 e. The number of anilines is 2. The van der Waals surface area contributed by atoms with Crippen molar-refractivity contribution in [3.63, 3.8) is 0 Å². The molecule has 0 aromatic heterocycles. The van der Waals surface area contributed by atoms with Crippen LogP contribution in [0.15, 0.2) is 36.4 Å². The molecule has 146 valence electrons. The van der Waals surface area contributed by atoms with Crippen LogP contribution in [0, 0.1) is 6.92 Å². The van der Waals surface area contributed by atoms with E-state index < -0.39 is 17.6 Å². The SMILES string of the molecule is COc1cc(C)ccc1OCC(=O)Nc1cc(C(F)(F)F)ccc1N(C)C. The van der Waals surface area contributed by atoms with Crippen LogP contribution in [0.5, 0.6) is 11.5 Å². The average Bonchev–Trinajstić information content (AvgIpc) is 2.59. The second kappa shape index (κ2) is 8.20. The Morgan fingerprint density at radius 3 is 2.41 bits per heavy atom. The molecule has 5 nitrogen and oxygen atoms in total. The van der Waals surface area contributed by atoms with Gasteiger partial charge in [-0.3, -0.25) is 4.79 Å². The number of halogens is 3. The van der Waals surface area contributed by atoms with Crippen molar-refractivity contribution in [1.82, 2.24) is 0 Å². The van der Waals surface area contributed by atoms with Crippen LogP contribution in [-0.4, -0.2) is 33.7 Å². The quantitative estimate of drug-likeness (QED) is 0.817. The van der Waals surface area contributed by atoms with Crippen molar-refractivity contribution < 1.29 is 27.4 Å². The second-order valence-corrected chi connectivity index (χ2v) is 6.12. The van der Waals surface area contributed by atoms with Crippen molar-refractivity contribution >= 4 is 17.3 Å². The highest BCUT2D eigenvalue weighted by Crippen LogP contribution is 2.35. The number of nitrogens with zero attached hydrogens (tertiary/aromatic N) is 1. The molecule has 0 radical (unpaired) electrons. The Morgan fingerprint density at radius 1 is 1.11 bits per heavy atom.